The van der Waals surface area contributed by atoms with Crippen LogP contribution in [0.15, 0.2) is 77.5 Å². The normalized spacial score (nSPS) is 13.1. The summed E-state index contributed by atoms with van der Waals surface area (Å²) in [7, 11) is 0. The maximum absolute atomic E-state index is 13.2. The Morgan fingerprint density at radius 2 is 1.66 bits per heavy atom. The summed E-state index contributed by atoms with van der Waals surface area (Å²) in [5.74, 6) is -2.48. The first kappa shape index (κ1) is 26.9. The molecular weight excluding hydrogens is 529 g/mol. The Hall–Kier alpha value is -4.14. The number of anilines is 3. The van der Waals surface area contributed by atoms with Gasteiger partial charge in [-0.25, -0.2) is 9.69 Å². The fourth-order valence-corrected chi connectivity index (χ4v) is 4.19. The van der Waals surface area contributed by atoms with Gasteiger partial charge in [0.05, 0.1) is 17.9 Å². The summed E-state index contributed by atoms with van der Waals surface area (Å²) >= 11 is 12.2. The summed E-state index contributed by atoms with van der Waals surface area (Å²) in [5.41, 5.74) is 2.24. The van der Waals surface area contributed by atoms with Crippen molar-refractivity contribution in [1.82, 2.24) is 0 Å². The molecule has 0 fully saturated rings. The maximum Gasteiger partial charge on any atom is 0.340 e. The highest BCUT2D eigenvalue weighted by Gasteiger charge is 2.40. The molecule has 0 bridgehead atoms. The van der Waals surface area contributed by atoms with Gasteiger partial charge in [-0.3, -0.25) is 14.4 Å². The third-order valence-corrected chi connectivity index (χ3v) is 6.27. The third-order valence-electron chi connectivity index (χ3n) is 5.68. The van der Waals surface area contributed by atoms with E-state index in [1.807, 2.05) is 13.8 Å². The first-order chi connectivity index (χ1) is 18.2. The molecule has 0 aliphatic carbocycles. The van der Waals surface area contributed by atoms with Crippen LogP contribution in [-0.2, 0) is 14.3 Å². The van der Waals surface area contributed by atoms with Gasteiger partial charge in [0.25, 0.3) is 17.7 Å². The van der Waals surface area contributed by atoms with E-state index in [9.17, 15) is 19.2 Å². The minimum Gasteiger partial charge on any atom is -0.462 e. The van der Waals surface area contributed by atoms with Gasteiger partial charge in [0.2, 0.25) is 0 Å². The van der Waals surface area contributed by atoms with Gasteiger partial charge in [-0.1, -0.05) is 42.3 Å². The van der Waals surface area contributed by atoms with Crippen LogP contribution in [0.3, 0.4) is 0 Å². The van der Waals surface area contributed by atoms with Gasteiger partial charge >= 0.3 is 5.97 Å². The summed E-state index contributed by atoms with van der Waals surface area (Å²) < 4.78 is 5.19. The number of carbonyl (C=O) groups excluding carboxylic acids is 4. The Morgan fingerprint density at radius 1 is 0.947 bits per heavy atom. The van der Waals surface area contributed by atoms with Crippen molar-refractivity contribution < 1.29 is 23.9 Å². The van der Waals surface area contributed by atoms with Crippen molar-refractivity contribution in [2.24, 2.45) is 0 Å². The SMILES string of the molecule is CCCOC(=O)c1ccccc1N1C(=O)C(Cl)=C(Nc2ccc(C(=O)Nc3ccc(Cl)cc3C)cc2)C1=O. The average Bonchev–Trinajstić information content (AvgIpc) is 3.12. The molecule has 4 rings (SSSR count). The highest BCUT2D eigenvalue weighted by molar-refractivity contribution is 6.53. The van der Waals surface area contributed by atoms with E-state index in [1.54, 1.807) is 54.6 Å². The zero-order valence-electron chi connectivity index (χ0n) is 20.5. The predicted molar refractivity (Wildman–Crippen MR) is 147 cm³/mol. The molecule has 0 saturated carbocycles. The topological polar surface area (TPSA) is 105 Å². The fraction of sp³-hybridized carbons (Fsp3) is 0.143. The summed E-state index contributed by atoms with van der Waals surface area (Å²) in [6.07, 6.45) is 0.623. The van der Waals surface area contributed by atoms with Gasteiger partial charge in [0.1, 0.15) is 10.7 Å². The molecule has 194 valence electrons. The van der Waals surface area contributed by atoms with Crippen LogP contribution in [0, 0.1) is 6.92 Å². The number of esters is 1. The summed E-state index contributed by atoms with van der Waals surface area (Å²) in [4.78, 5) is 52.2. The average molecular weight is 552 g/mol. The lowest BCUT2D eigenvalue weighted by Gasteiger charge is -2.18. The van der Waals surface area contributed by atoms with Crippen LogP contribution < -0.4 is 15.5 Å². The molecule has 1 aliphatic rings. The van der Waals surface area contributed by atoms with E-state index in [2.05, 4.69) is 10.6 Å². The molecule has 3 amide bonds. The second-order valence-corrected chi connectivity index (χ2v) is 9.22. The second-order valence-electron chi connectivity index (χ2n) is 8.40. The van der Waals surface area contributed by atoms with Gasteiger partial charge in [0.15, 0.2) is 0 Å². The van der Waals surface area contributed by atoms with Crippen molar-refractivity contribution in [3.8, 4) is 0 Å². The summed E-state index contributed by atoms with van der Waals surface area (Å²) in [6, 6.07) is 17.6. The molecule has 0 aromatic heterocycles. The minimum atomic E-state index is -0.774. The highest BCUT2D eigenvalue weighted by Crippen LogP contribution is 2.32. The van der Waals surface area contributed by atoms with E-state index in [4.69, 9.17) is 27.9 Å². The van der Waals surface area contributed by atoms with Crippen LogP contribution >= 0.6 is 23.2 Å². The standard InChI is InChI=1S/C28H23Cl2N3O5/c1-3-14-38-28(37)20-6-4-5-7-22(20)33-26(35)23(30)24(27(33)36)31-19-11-8-17(9-12-19)25(34)32-21-13-10-18(29)15-16(21)2/h4-13,15,31H,3,14H2,1-2H3,(H,32,34). The molecule has 38 heavy (non-hydrogen) atoms. The molecule has 8 nitrogen and oxygen atoms in total. The zero-order valence-corrected chi connectivity index (χ0v) is 22.0. The molecule has 3 aromatic rings. The molecule has 3 aromatic carbocycles. The lowest BCUT2D eigenvalue weighted by Crippen LogP contribution is -2.33. The smallest absolute Gasteiger partial charge is 0.340 e. The van der Waals surface area contributed by atoms with Gasteiger partial charge in [-0.15, -0.1) is 0 Å². The summed E-state index contributed by atoms with van der Waals surface area (Å²) in [6.45, 7) is 3.89. The van der Waals surface area contributed by atoms with Crippen molar-refractivity contribution in [3.05, 3.63) is 99.2 Å². The van der Waals surface area contributed by atoms with Crippen LogP contribution in [0.2, 0.25) is 5.02 Å². The Kier molecular flexibility index (Phi) is 8.14. The minimum absolute atomic E-state index is 0.0691. The number of amides is 3. The Balaban J connectivity index is 1.50. The number of nitrogens with one attached hydrogen (secondary N) is 2. The van der Waals surface area contributed by atoms with E-state index in [0.717, 1.165) is 10.5 Å². The number of halogens is 2. The number of para-hydroxylation sites is 1. The lowest BCUT2D eigenvalue weighted by atomic mass is 10.1. The molecule has 1 aliphatic heterocycles. The van der Waals surface area contributed by atoms with Gasteiger partial charge < -0.3 is 15.4 Å². The Labute approximate surface area is 229 Å². The number of rotatable bonds is 8. The van der Waals surface area contributed by atoms with Gasteiger partial charge in [-0.05, 0) is 73.5 Å². The Bertz CT molecular complexity index is 1470. The molecule has 0 radical (unpaired) electrons. The van der Waals surface area contributed by atoms with E-state index in [0.29, 0.717) is 28.4 Å². The number of carbonyl (C=O) groups is 4. The fourth-order valence-electron chi connectivity index (χ4n) is 3.75. The van der Waals surface area contributed by atoms with Crippen molar-refractivity contribution >= 4 is 64.0 Å². The first-order valence-corrected chi connectivity index (χ1v) is 12.5. The molecule has 0 spiro atoms. The number of nitrogens with zero attached hydrogens (tertiary/aromatic N) is 1. The van der Waals surface area contributed by atoms with Crippen LogP contribution in [0.25, 0.3) is 0 Å². The quantitative estimate of drug-likeness (QED) is 0.266. The van der Waals surface area contributed by atoms with Crippen LogP contribution in [0.1, 0.15) is 39.6 Å². The molecular formula is C28H23Cl2N3O5. The van der Waals surface area contributed by atoms with E-state index < -0.39 is 17.8 Å². The molecule has 2 N–H and O–H groups in total. The van der Waals surface area contributed by atoms with E-state index in [1.165, 1.54) is 12.1 Å². The van der Waals surface area contributed by atoms with E-state index in [-0.39, 0.29) is 34.5 Å². The highest BCUT2D eigenvalue weighted by atomic mass is 35.5. The maximum atomic E-state index is 13.2. The monoisotopic (exact) mass is 551 g/mol. The van der Waals surface area contributed by atoms with Gasteiger partial charge in [-0.2, -0.15) is 0 Å². The summed E-state index contributed by atoms with van der Waals surface area (Å²) in [5, 5.41) is 5.93. The van der Waals surface area contributed by atoms with E-state index >= 15 is 0 Å². The zero-order chi connectivity index (χ0) is 27.4. The van der Waals surface area contributed by atoms with Crippen molar-refractivity contribution in [3.63, 3.8) is 0 Å². The number of aryl methyl sites for hydroxylation is 1. The molecule has 1 heterocycles. The van der Waals surface area contributed by atoms with Crippen LogP contribution in [0.5, 0.6) is 0 Å². The van der Waals surface area contributed by atoms with Crippen molar-refractivity contribution in [1.29, 1.82) is 0 Å². The first-order valence-electron chi connectivity index (χ1n) is 11.7. The lowest BCUT2D eigenvalue weighted by molar-refractivity contribution is -0.120. The number of ether oxygens (including phenoxy) is 1. The molecule has 0 unspecified atom stereocenters. The Morgan fingerprint density at radius 3 is 2.34 bits per heavy atom. The predicted octanol–water partition coefficient (Wildman–Crippen LogP) is 5.90. The third kappa shape index (κ3) is 5.56. The van der Waals surface area contributed by atoms with Crippen LogP contribution in [0.4, 0.5) is 17.1 Å². The van der Waals surface area contributed by atoms with Crippen LogP contribution in [-0.4, -0.2) is 30.3 Å². The van der Waals surface area contributed by atoms with Crippen molar-refractivity contribution in [2.45, 2.75) is 20.3 Å². The van der Waals surface area contributed by atoms with Crippen molar-refractivity contribution in [2.75, 3.05) is 22.1 Å². The number of hydrogen-bond donors (Lipinski definition) is 2. The molecule has 10 heteroatoms. The van der Waals surface area contributed by atoms with Gasteiger partial charge in [0, 0.05) is 22.0 Å². The number of imide groups is 1. The number of hydrogen-bond acceptors (Lipinski definition) is 6. The largest absolute Gasteiger partial charge is 0.462 e. The number of benzene rings is 3. The second kappa shape index (κ2) is 11.5. The molecule has 0 atom stereocenters. The molecule has 0 saturated heterocycles.